The van der Waals surface area contributed by atoms with Gasteiger partial charge in [-0.2, -0.15) is 0 Å². The van der Waals surface area contributed by atoms with Crippen LogP contribution in [0.1, 0.15) is 28.8 Å². The van der Waals surface area contributed by atoms with Gasteiger partial charge in [0.05, 0.1) is 40.5 Å². The maximum Gasteiger partial charge on any atom is 0.259 e. The number of nitrogens with one attached hydrogen (secondary N) is 1. The number of rotatable bonds is 5. The highest BCUT2D eigenvalue weighted by Gasteiger charge is 2.20. The van der Waals surface area contributed by atoms with E-state index in [-0.39, 0.29) is 5.91 Å². The van der Waals surface area contributed by atoms with E-state index in [1.54, 1.807) is 31.4 Å². The summed E-state index contributed by atoms with van der Waals surface area (Å²) in [5.41, 5.74) is 3.80. The largest absolute Gasteiger partial charge is 0.463 e. The second kappa shape index (κ2) is 7.14. The summed E-state index contributed by atoms with van der Waals surface area (Å²) in [6, 6.07) is 13.2. The number of nitrogens with zero attached hydrogens (tertiary/aromatic N) is 4. The molecule has 0 radical (unpaired) electrons. The van der Waals surface area contributed by atoms with Gasteiger partial charge >= 0.3 is 0 Å². The van der Waals surface area contributed by atoms with E-state index in [9.17, 15) is 4.79 Å². The van der Waals surface area contributed by atoms with Crippen molar-refractivity contribution in [3.8, 4) is 11.5 Å². The second-order valence-corrected chi connectivity index (χ2v) is 6.92. The summed E-state index contributed by atoms with van der Waals surface area (Å²) in [4.78, 5) is 22.2. The summed E-state index contributed by atoms with van der Waals surface area (Å²) in [5, 5.41) is 7.54. The Balaban J connectivity index is 1.50. The van der Waals surface area contributed by atoms with E-state index in [0.29, 0.717) is 40.4 Å². The molecular weight excluding hydrogens is 382 g/mol. The number of benzene rings is 1. The molecule has 4 heterocycles. The smallest absolute Gasteiger partial charge is 0.259 e. The van der Waals surface area contributed by atoms with Crippen molar-refractivity contribution in [2.24, 2.45) is 0 Å². The zero-order valence-corrected chi connectivity index (χ0v) is 16.5. The molecule has 1 aromatic carbocycles. The molecule has 0 unspecified atom stereocenters. The normalized spacial score (nSPS) is 11.4. The summed E-state index contributed by atoms with van der Waals surface area (Å²) >= 11 is 0. The van der Waals surface area contributed by atoms with Gasteiger partial charge in [-0.1, -0.05) is 17.3 Å². The van der Waals surface area contributed by atoms with Crippen molar-refractivity contribution in [3.63, 3.8) is 0 Å². The Morgan fingerprint density at radius 3 is 2.83 bits per heavy atom. The molecule has 4 aromatic heterocycles. The predicted molar refractivity (Wildman–Crippen MR) is 111 cm³/mol. The minimum atomic E-state index is -0.254. The number of aryl methyl sites for hydroxylation is 2. The Morgan fingerprint density at radius 1 is 1.17 bits per heavy atom. The highest BCUT2D eigenvalue weighted by atomic mass is 16.5. The predicted octanol–water partition coefficient (Wildman–Crippen LogP) is 4.09. The average Bonchev–Trinajstić information content (AvgIpc) is 3.50. The molecule has 0 saturated heterocycles. The van der Waals surface area contributed by atoms with Crippen molar-refractivity contribution in [2.45, 2.75) is 26.9 Å². The van der Waals surface area contributed by atoms with Crippen LogP contribution in [-0.4, -0.2) is 25.6 Å². The van der Waals surface area contributed by atoms with Crippen molar-refractivity contribution in [3.05, 3.63) is 65.8 Å². The number of fused-ring (bicyclic) bond motifs is 2. The van der Waals surface area contributed by atoms with Crippen LogP contribution in [0.2, 0.25) is 0 Å². The van der Waals surface area contributed by atoms with Crippen LogP contribution in [0, 0.1) is 6.92 Å². The summed E-state index contributed by atoms with van der Waals surface area (Å²) in [6.07, 6.45) is 1.56. The first-order valence-electron chi connectivity index (χ1n) is 9.69. The van der Waals surface area contributed by atoms with Gasteiger partial charge in [-0.25, -0.2) is 9.97 Å². The topological polar surface area (TPSA) is 99.0 Å². The van der Waals surface area contributed by atoms with Gasteiger partial charge in [-0.05, 0) is 44.2 Å². The fourth-order valence-electron chi connectivity index (χ4n) is 3.69. The number of pyridine rings is 1. The van der Waals surface area contributed by atoms with Gasteiger partial charge in [-0.15, -0.1) is 0 Å². The van der Waals surface area contributed by atoms with Crippen molar-refractivity contribution in [1.29, 1.82) is 0 Å². The van der Waals surface area contributed by atoms with Crippen LogP contribution < -0.4 is 5.32 Å². The Labute approximate surface area is 171 Å². The van der Waals surface area contributed by atoms with Gasteiger partial charge in [0.15, 0.2) is 5.76 Å². The lowest BCUT2D eigenvalue weighted by Gasteiger charge is -2.09. The molecular formula is C22H19N5O3. The van der Waals surface area contributed by atoms with Crippen LogP contribution in [-0.2, 0) is 13.1 Å². The molecule has 0 bridgehead atoms. The highest BCUT2D eigenvalue weighted by molar-refractivity contribution is 6.06. The summed E-state index contributed by atoms with van der Waals surface area (Å²) in [6.45, 7) is 4.90. The molecule has 30 heavy (non-hydrogen) atoms. The van der Waals surface area contributed by atoms with Crippen molar-refractivity contribution < 1.29 is 13.7 Å². The van der Waals surface area contributed by atoms with Gasteiger partial charge in [0.25, 0.3) is 11.6 Å². The molecule has 5 rings (SSSR count). The standard InChI is InChI=1S/C22H19N5O3/c1-3-27-17-8-5-4-7-15(17)24-19(27)12-23-21(28)14-11-16(18-9-6-10-29-18)25-22-20(14)13(2)26-30-22/h4-11H,3,12H2,1-2H3,(H,23,28). The number of furan rings is 1. The number of carbonyl (C=O) groups is 1. The molecule has 8 heteroatoms. The van der Waals surface area contributed by atoms with Crippen molar-refractivity contribution >= 4 is 28.0 Å². The molecule has 0 aliphatic rings. The molecule has 1 amide bonds. The van der Waals surface area contributed by atoms with E-state index in [0.717, 1.165) is 23.4 Å². The van der Waals surface area contributed by atoms with Crippen molar-refractivity contribution in [2.75, 3.05) is 0 Å². The van der Waals surface area contributed by atoms with Gasteiger partial charge in [0.1, 0.15) is 11.5 Å². The third-order valence-corrected chi connectivity index (χ3v) is 5.09. The number of amides is 1. The number of hydrogen-bond donors (Lipinski definition) is 1. The van der Waals surface area contributed by atoms with Crippen LogP contribution in [0.25, 0.3) is 33.6 Å². The zero-order chi connectivity index (χ0) is 20.7. The van der Waals surface area contributed by atoms with Crippen LogP contribution >= 0.6 is 0 Å². The molecule has 8 nitrogen and oxygen atoms in total. The van der Waals surface area contributed by atoms with Crippen LogP contribution in [0.5, 0.6) is 0 Å². The van der Waals surface area contributed by atoms with E-state index in [1.165, 1.54) is 0 Å². The first-order chi connectivity index (χ1) is 14.7. The molecule has 0 spiro atoms. The molecule has 5 aromatic rings. The number of hydrogen-bond acceptors (Lipinski definition) is 6. The number of aromatic nitrogens is 4. The molecule has 0 saturated carbocycles. The number of imidazole rings is 1. The minimum absolute atomic E-state index is 0.254. The lowest BCUT2D eigenvalue weighted by Crippen LogP contribution is -2.25. The first-order valence-corrected chi connectivity index (χ1v) is 9.69. The quantitative estimate of drug-likeness (QED) is 0.476. The van der Waals surface area contributed by atoms with Crippen LogP contribution in [0.4, 0.5) is 0 Å². The third-order valence-electron chi connectivity index (χ3n) is 5.09. The van der Waals surface area contributed by atoms with E-state index in [1.807, 2.05) is 24.3 Å². The summed E-state index contributed by atoms with van der Waals surface area (Å²) in [7, 11) is 0. The molecule has 0 aliphatic heterocycles. The third kappa shape index (κ3) is 2.93. The van der Waals surface area contributed by atoms with E-state index in [4.69, 9.17) is 8.94 Å². The van der Waals surface area contributed by atoms with E-state index >= 15 is 0 Å². The fraction of sp³-hybridized carbons (Fsp3) is 0.182. The Bertz CT molecular complexity index is 1360. The lowest BCUT2D eigenvalue weighted by molar-refractivity contribution is 0.0951. The molecule has 150 valence electrons. The Hall–Kier alpha value is -3.94. The van der Waals surface area contributed by atoms with Gasteiger partial charge in [-0.3, -0.25) is 4.79 Å². The maximum absolute atomic E-state index is 13.1. The molecule has 0 atom stereocenters. The lowest BCUT2D eigenvalue weighted by atomic mass is 10.1. The monoisotopic (exact) mass is 401 g/mol. The summed E-state index contributed by atoms with van der Waals surface area (Å²) < 4.78 is 12.8. The first kappa shape index (κ1) is 18.1. The van der Waals surface area contributed by atoms with E-state index in [2.05, 4.69) is 31.9 Å². The van der Waals surface area contributed by atoms with Gasteiger partial charge in [0.2, 0.25) is 0 Å². The number of carbonyl (C=O) groups excluding carboxylic acids is 1. The van der Waals surface area contributed by atoms with Crippen molar-refractivity contribution in [1.82, 2.24) is 25.0 Å². The highest BCUT2D eigenvalue weighted by Crippen LogP contribution is 2.27. The van der Waals surface area contributed by atoms with Crippen LogP contribution in [0.15, 0.2) is 57.7 Å². The zero-order valence-electron chi connectivity index (χ0n) is 16.5. The van der Waals surface area contributed by atoms with Gasteiger partial charge < -0.3 is 18.8 Å². The van der Waals surface area contributed by atoms with Crippen LogP contribution in [0.3, 0.4) is 0 Å². The molecule has 0 fully saturated rings. The Kier molecular flexibility index (Phi) is 4.31. The molecule has 0 aliphatic carbocycles. The summed E-state index contributed by atoms with van der Waals surface area (Å²) in [5.74, 6) is 1.09. The number of para-hydroxylation sites is 2. The minimum Gasteiger partial charge on any atom is -0.463 e. The SMILES string of the molecule is CCn1c(CNC(=O)c2cc(-c3ccco3)nc3onc(C)c23)nc2ccccc21. The second-order valence-electron chi connectivity index (χ2n) is 6.92. The van der Waals surface area contributed by atoms with E-state index < -0.39 is 0 Å². The van der Waals surface area contributed by atoms with Gasteiger partial charge in [0, 0.05) is 6.54 Å². The Morgan fingerprint density at radius 2 is 2.03 bits per heavy atom. The molecule has 1 N–H and O–H groups in total. The maximum atomic E-state index is 13.1. The average molecular weight is 401 g/mol. The fourth-order valence-corrected chi connectivity index (χ4v) is 3.69.